The van der Waals surface area contributed by atoms with Crippen molar-refractivity contribution in [2.45, 2.75) is 88.1 Å². The van der Waals surface area contributed by atoms with E-state index in [4.69, 9.17) is 5.10 Å². The number of hydrogen-bond acceptors (Lipinski definition) is 6. The number of nitrogens with zero attached hydrogens (tertiary/aromatic N) is 4. The molecule has 2 saturated heterocycles. The van der Waals surface area contributed by atoms with Crippen LogP contribution in [0.2, 0.25) is 0 Å². The van der Waals surface area contributed by atoms with E-state index in [1.807, 2.05) is 16.8 Å². The van der Waals surface area contributed by atoms with E-state index in [1.165, 1.54) is 42.2 Å². The van der Waals surface area contributed by atoms with Crippen molar-refractivity contribution >= 4 is 15.8 Å². The molecule has 2 aromatic carbocycles. The molecule has 0 bridgehead atoms. The van der Waals surface area contributed by atoms with Crippen LogP contribution >= 0.6 is 0 Å². The summed E-state index contributed by atoms with van der Waals surface area (Å²) in [6.45, 7) is 9.67. The average Bonchev–Trinajstić information content (AvgIpc) is 3.60. The number of rotatable bonds is 12. The van der Waals surface area contributed by atoms with Gasteiger partial charge in [-0.2, -0.15) is 5.10 Å². The second kappa shape index (κ2) is 14.0. The van der Waals surface area contributed by atoms with Crippen LogP contribution in [0.4, 0.5) is 0 Å². The summed E-state index contributed by atoms with van der Waals surface area (Å²) in [6.07, 6.45) is 10.9. The maximum Gasteiger partial charge on any atom is 0.320 e. The molecule has 0 amide bonds. The Kier molecular flexibility index (Phi) is 10.0. The van der Waals surface area contributed by atoms with E-state index < -0.39 is 15.8 Å². The van der Waals surface area contributed by atoms with Gasteiger partial charge in [-0.05, 0) is 92.3 Å². The van der Waals surface area contributed by atoms with Crippen molar-refractivity contribution in [2.24, 2.45) is 11.8 Å². The van der Waals surface area contributed by atoms with Gasteiger partial charge in [-0.15, -0.1) is 0 Å². The molecular weight excluding hydrogens is 596 g/mol. The molecule has 1 N–H and O–H groups in total. The first kappa shape index (κ1) is 32.9. The second-order valence-corrected chi connectivity index (χ2v) is 16.2. The van der Waals surface area contributed by atoms with Gasteiger partial charge in [0, 0.05) is 38.0 Å². The van der Waals surface area contributed by atoms with E-state index >= 15 is 0 Å². The fourth-order valence-corrected chi connectivity index (χ4v) is 8.66. The first-order chi connectivity index (χ1) is 22.1. The van der Waals surface area contributed by atoms with Gasteiger partial charge in [0.05, 0.1) is 17.1 Å². The lowest BCUT2D eigenvalue weighted by Gasteiger charge is -2.35. The first-order valence-corrected chi connectivity index (χ1v) is 19.1. The highest BCUT2D eigenvalue weighted by atomic mass is 32.2. The van der Waals surface area contributed by atoms with Gasteiger partial charge in [-0.25, -0.2) is 8.42 Å². The lowest BCUT2D eigenvalue weighted by atomic mass is 9.80. The number of aliphatic carboxylic acids is 1. The lowest BCUT2D eigenvalue weighted by Crippen LogP contribution is -2.43. The predicted molar refractivity (Wildman–Crippen MR) is 181 cm³/mol. The number of likely N-dealkylation sites (tertiary alicyclic amines) is 2. The number of carboxylic acid groups (broad SMARTS) is 1. The van der Waals surface area contributed by atoms with Gasteiger partial charge in [0.1, 0.15) is 6.04 Å². The quantitative estimate of drug-likeness (QED) is 0.268. The standard InChI is InChI=1S/C37H50N4O4S/c1-4-35-34(25-41(38-35)21-28-11-13-32(14-12-28)46(3,44)45)29-15-17-39(18-16-29)22-31-23-40(36(37(42)43)20-27-8-6-9-27)24-33(31)30-10-5-7-26(2)19-30/h5,7,10-14,19,25,27,29,31,33,36H,4,6,8-9,15-18,20-24H2,1-3H3,(H,42,43). The van der Waals surface area contributed by atoms with Crippen LogP contribution in [0.15, 0.2) is 59.6 Å². The van der Waals surface area contributed by atoms with Gasteiger partial charge in [0.2, 0.25) is 0 Å². The summed E-state index contributed by atoms with van der Waals surface area (Å²) in [4.78, 5) is 17.7. The molecule has 3 unspecified atom stereocenters. The third-order valence-electron chi connectivity index (χ3n) is 10.9. The van der Waals surface area contributed by atoms with Gasteiger partial charge in [0.15, 0.2) is 9.84 Å². The summed E-state index contributed by atoms with van der Waals surface area (Å²) in [5, 5.41) is 15.2. The van der Waals surface area contributed by atoms with Gasteiger partial charge in [0.25, 0.3) is 0 Å². The van der Waals surface area contributed by atoms with Crippen molar-refractivity contribution in [3.05, 3.63) is 82.7 Å². The van der Waals surface area contributed by atoms with Crippen molar-refractivity contribution in [1.29, 1.82) is 0 Å². The molecule has 6 rings (SSSR count). The monoisotopic (exact) mass is 646 g/mol. The highest BCUT2D eigenvalue weighted by molar-refractivity contribution is 7.90. The molecule has 248 valence electrons. The smallest absolute Gasteiger partial charge is 0.320 e. The Labute approximate surface area is 274 Å². The summed E-state index contributed by atoms with van der Waals surface area (Å²) in [7, 11) is -3.21. The Hall–Kier alpha value is -3.01. The molecule has 0 spiro atoms. The fourth-order valence-electron chi connectivity index (χ4n) is 8.03. The number of aromatic nitrogens is 2. The molecular formula is C37H50N4O4S. The van der Waals surface area contributed by atoms with Crippen molar-refractivity contribution in [1.82, 2.24) is 19.6 Å². The molecule has 8 nitrogen and oxygen atoms in total. The third kappa shape index (κ3) is 7.58. The van der Waals surface area contributed by atoms with Crippen LogP contribution in [0, 0.1) is 18.8 Å². The summed E-state index contributed by atoms with van der Waals surface area (Å²) in [6, 6.07) is 15.6. The zero-order valence-corrected chi connectivity index (χ0v) is 28.5. The molecule has 2 aliphatic heterocycles. The van der Waals surface area contributed by atoms with Gasteiger partial charge in [-0.1, -0.05) is 68.1 Å². The number of carbonyl (C=O) groups is 1. The van der Waals surface area contributed by atoms with Crippen LogP contribution < -0.4 is 0 Å². The normalized spacial score (nSPS) is 22.6. The van der Waals surface area contributed by atoms with E-state index in [1.54, 1.807) is 12.1 Å². The Bertz CT molecular complexity index is 1610. The SMILES string of the molecule is CCc1nn(Cc2ccc(S(C)(=O)=O)cc2)cc1C1CCN(CC2CN(C(CC3CCC3)C(=O)O)CC2c2cccc(C)c2)CC1. The Balaban J connectivity index is 1.11. The zero-order valence-electron chi connectivity index (χ0n) is 27.6. The van der Waals surface area contributed by atoms with Crippen molar-refractivity contribution in [3.63, 3.8) is 0 Å². The Morgan fingerprint density at radius 3 is 2.39 bits per heavy atom. The van der Waals surface area contributed by atoms with Gasteiger partial charge >= 0.3 is 5.97 Å². The van der Waals surface area contributed by atoms with E-state index in [9.17, 15) is 18.3 Å². The van der Waals surface area contributed by atoms with E-state index in [-0.39, 0.29) is 6.04 Å². The van der Waals surface area contributed by atoms with Crippen molar-refractivity contribution in [2.75, 3.05) is 39.0 Å². The largest absolute Gasteiger partial charge is 0.480 e. The molecule has 3 heterocycles. The van der Waals surface area contributed by atoms with E-state index in [2.05, 4.69) is 54.1 Å². The summed E-state index contributed by atoms with van der Waals surface area (Å²) < 4.78 is 25.7. The topological polar surface area (TPSA) is 95.7 Å². The van der Waals surface area contributed by atoms with Crippen molar-refractivity contribution in [3.8, 4) is 0 Å². The molecule has 0 radical (unpaired) electrons. The van der Waals surface area contributed by atoms with Gasteiger partial charge < -0.3 is 10.0 Å². The molecule has 3 atom stereocenters. The molecule has 3 aliphatic rings. The average molecular weight is 647 g/mol. The molecule has 3 fully saturated rings. The molecule has 1 aromatic heterocycles. The molecule has 46 heavy (non-hydrogen) atoms. The van der Waals surface area contributed by atoms with E-state index in [0.29, 0.717) is 35.1 Å². The van der Waals surface area contributed by atoms with Crippen LogP contribution in [0.25, 0.3) is 0 Å². The maximum absolute atomic E-state index is 12.5. The number of carboxylic acids is 1. The molecule has 3 aromatic rings. The summed E-state index contributed by atoms with van der Waals surface area (Å²) in [5.74, 6) is 1.13. The lowest BCUT2D eigenvalue weighted by molar-refractivity contribution is -0.144. The maximum atomic E-state index is 12.5. The number of aryl methyl sites for hydroxylation is 2. The minimum absolute atomic E-state index is 0.337. The van der Waals surface area contributed by atoms with Crippen LogP contribution in [0.1, 0.15) is 85.2 Å². The Morgan fingerprint density at radius 2 is 1.78 bits per heavy atom. The molecule has 9 heteroatoms. The van der Waals surface area contributed by atoms with Crippen LogP contribution in [-0.4, -0.2) is 84.1 Å². The number of piperidine rings is 1. The highest BCUT2D eigenvalue weighted by Gasteiger charge is 2.41. The minimum atomic E-state index is -3.21. The molecule has 1 saturated carbocycles. The van der Waals surface area contributed by atoms with Crippen LogP contribution in [0.3, 0.4) is 0 Å². The zero-order chi connectivity index (χ0) is 32.4. The third-order valence-corrected chi connectivity index (χ3v) is 12.0. The van der Waals surface area contributed by atoms with Crippen molar-refractivity contribution < 1.29 is 18.3 Å². The number of sulfone groups is 1. The Morgan fingerprint density at radius 1 is 1.04 bits per heavy atom. The van der Waals surface area contributed by atoms with Crippen LogP contribution in [-0.2, 0) is 27.6 Å². The molecule has 1 aliphatic carbocycles. The minimum Gasteiger partial charge on any atom is -0.480 e. The second-order valence-electron chi connectivity index (χ2n) is 14.2. The summed E-state index contributed by atoms with van der Waals surface area (Å²) in [5.41, 5.74) is 6.15. The highest BCUT2D eigenvalue weighted by Crippen LogP contribution is 2.39. The van der Waals surface area contributed by atoms with E-state index in [0.717, 1.165) is 69.7 Å². The van der Waals surface area contributed by atoms with Crippen LogP contribution in [0.5, 0.6) is 0 Å². The summed E-state index contributed by atoms with van der Waals surface area (Å²) >= 11 is 0. The first-order valence-electron chi connectivity index (χ1n) is 17.2. The fraction of sp³-hybridized carbons (Fsp3) is 0.568. The number of benzene rings is 2. The van der Waals surface area contributed by atoms with Gasteiger partial charge in [-0.3, -0.25) is 14.4 Å². The number of hydrogen-bond donors (Lipinski definition) is 1. The predicted octanol–water partition coefficient (Wildman–Crippen LogP) is 5.74.